The van der Waals surface area contributed by atoms with Gasteiger partial charge in [0, 0.05) is 24.7 Å². The molecule has 1 aliphatic rings. The van der Waals surface area contributed by atoms with Crippen molar-refractivity contribution < 1.29 is 13.2 Å². The molecule has 1 N–H and O–H groups in total. The summed E-state index contributed by atoms with van der Waals surface area (Å²) >= 11 is 1.62. The second-order valence-electron chi connectivity index (χ2n) is 5.84. The van der Waals surface area contributed by atoms with Gasteiger partial charge in [-0.25, -0.2) is 17.7 Å². The Labute approximate surface area is 139 Å². The third kappa shape index (κ3) is 3.70. The smallest absolute Gasteiger partial charge is 0.227 e. The molecule has 6 nitrogen and oxygen atoms in total. The third-order valence-electron chi connectivity index (χ3n) is 4.06. The van der Waals surface area contributed by atoms with Crippen LogP contribution < -0.4 is 5.32 Å². The van der Waals surface area contributed by atoms with Gasteiger partial charge in [-0.05, 0) is 38.0 Å². The maximum absolute atomic E-state index is 12.4. The summed E-state index contributed by atoms with van der Waals surface area (Å²) in [6.45, 7) is 2.76. The van der Waals surface area contributed by atoms with Crippen LogP contribution in [0.1, 0.15) is 17.8 Å². The molecule has 0 atom stereocenters. The van der Waals surface area contributed by atoms with Crippen molar-refractivity contribution in [3.8, 4) is 0 Å². The zero-order valence-electron chi connectivity index (χ0n) is 13.1. The Balaban J connectivity index is 1.64. The molecule has 2 heterocycles. The van der Waals surface area contributed by atoms with E-state index in [-0.39, 0.29) is 11.8 Å². The summed E-state index contributed by atoms with van der Waals surface area (Å²) in [5.41, 5.74) is 1.62. The average Bonchev–Trinajstić information content (AvgIpc) is 2.86. The number of carbonyl (C=O) groups is 1. The fourth-order valence-corrected chi connectivity index (χ4v) is 4.50. The number of aryl methyl sites for hydroxylation is 1. The lowest BCUT2D eigenvalue weighted by Crippen LogP contribution is -2.40. The van der Waals surface area contributed by atoms with Gasteiger partial charge in [-0.3, -0.25) is 4.79 Å². The predicted octanol–water partition coefficient (Wildman–Crippen LogP) is 2.21. The maximum atomic E-state index is 12.4. The third-order valence-corrected chi connectivity index (χ3v) is 6.31. The van der Waals surface area contributed by atoms with Crippen molar-refractivity contribution in [2.24, 2.45) is 5.92 Å². The van der Waals surface area contributed by atoms with E-state index in [1.54, 1.807) is 11.3 Å². The number of sulfonamides is 1. The number of fused-ring (bicyclic) bond motifs is 1. The lowest BCUT2D eigenvalue weighted by Gasteiger charge is -2.29. The summed E-state index contributed by atoms with van der Waals surface area (Å²) in [4.78, 5) is 16.8. The Morgan fingerprint density at radius 2 is 2.04 bits per heavy atom. The van der Waals surface area contributed by atoms with Gasteiger partial charge in [-0.2, -0.15) is 0 Å². The van der Waals surface area contributed by atoms with Crippen LogP contribution in [0.2, 0.25) is 0 Å². The van der Waals surface area contributed by atoms with Crippen molar-refractivity contribution in [1.82, 2.24) is 9.29 Å². The Morgan fingerprint density at radius 1 is 1.35 bits per heavy atom. The van der Waals surface area contributed by atoms with Gasteiger partial charge in [0.1, 0.15) is 0 Å². The molecular formula is C15H19N3O3S2. The van der Waals surface area contributed by atoms with Gasteiger partial charge in [0.2, 0.25) is 15.9 Å². The van der Waals surface area contributed by atoms with E-state index in [9.17, 15) is 13.2 Å². The van der Waals surface area contributed by atoms with E-state index in [2.05, 4.69) is 10.3 Å². The molecule has 1 aromatic carbocycles. The van der Waals surface area contributed by atoms with Crippen molar-refractivity contribution >= 4 is 43.2 Å². The highest BCUT2D eigenvalue weighted by atomic mass is 32.2. The van der Waals surface area contributed by atoms with Crippen LogP contribution in [0, 0.1) is 12.8 Å². The Morgan fingerprint density at radius 3 is 2.70 bits per heavy atom. The summed E-state index contributed by atoms with van der Waals surface area (Å²) in [6.07, 6.45) is 2.31. The van der Waals surface area contributed by atoms with Crippen LogP contribution in [0.4, 0.5) is 5.69 Å². The highest BCUT2D eigenvalue weighted by Gasteiger charge is 2.28. The molecule has 8 heteroatoms. The predicted molar refractivity (Wildman–Crippen MR) is 92.1 cm³/mol. The molecule has 23 heavy (non-hydrogen) atoms. The maximum Gasteiger partial charge on any atom is 0.227 e. The topological polar surface area (TPSA) is 79.4 Å². The molecule has 0 bridgehead atoms. The molecule has 0 unspecified atom stereocenters. The number of hydrogen-bond donors (Lipinski definition) is 1. The second-order valence-corrected chi connectivity index (χ2v) is 9.06. The number of carbonyl (C=O) groups excluding carboxylic acids is 1. The monoisotopic (exact) mass is 353 g/mol. The van der Waals surface area contributed by atoms with Crippen molar-refractivity contribution in [3.05, 3.63) is 23.2 Å². The highest BCUT2D eigenvalue weighted by molar-refractivity contribution is 7.88. The fraction of sp³-hybridized carbons (Fsp3) is 0.467. The summed E-state index contributed by atoms with van der Waals surface area (Å²) < 4.78 is 25.5. The number of benzene rings is 1. The van der Waals surface area contributed by atoms with Crippen LogP contribution in [-0.4, -0.2) is 43.0 Å². The minimum absolute atomic E-state index is 0.0514. The number of nitrogens with one attached hydrogen (secondary N) is 1. The number of anilines is 1. The van der Waals surface area contributed by atoms with E-state index < -0.39 is 10.0 Å². The second kappa shape index (κ2) is 6.18. The Hall–Kier alpha value is -1.51. The normalized spacial score (nSPS) is 17.5. The molecule has 0 aliphatic carbocycles. The summed E-state index contributed by atoms with van der Waals surface area (Å²) in [5, 5.41) is 3.92. The molecule has 1 fully saturated rings. The number of nitrogens with zero attached hydrogens (tertiary/aromatic N) is 2. The Kier molecular flexibility index (Phi) is 4.39. The lowest BCUT2D eigenvalue weighted by molar-refractivity contribution is -0.120. The summed E-state index contributed by atoms with van der Waals surface area (Å²) in [6, 6.07) is 5.72. The molecular weight excluding hydrogens is 334 g/mol. The first kappa shape index (κ1) is 16.4. The number of rotatable bonds is 3. The minimum atomic E-state index is -3.16. The SMILES string of the molecule is Cc1nc2cc(NC(=O)C3CCN(S(C)(=O)=O)CC3)ccc2s1. The standard InChI is InChI=1S/C15H19N3O3S2/c1-10-16-13-9-12(3-4-14(13)22-10)17-15(19)11-5-7-18(8-6-11)23(2,20)21/h3-4,9,11H,5-8H2,1-2H3,(H,17,19). The minimum Gasteiger partial charge on any atom is -0.326 e. The van der Waals surface area contributed by atoms with Crippen LogP contribution in [-0.2, 0) is 14.8 Å². The summed E-state index contributed by atoms with van der Waals surface area (Å²) in [7, 11) is -3.16. The van der Waals surface area contributed by atoms with E-state index in [0.717, 1.165) is 20.9 Å². The van der Waals surface area contributed by atoms with Gasteiger partial charge in [-0.1, -0.05) is 0 Å². The first-order valence-electron chi connectivity index (χ1n) is 7.46. The summed E-state index contributed by atoms with van der Waals surface area (Å²) in [5.74, 6) is -0.203. The van der Waals surface area contributed by atoms with Crippen LogP contribution in [0.25, 0.3) is 10.2 Å². The molecule has 124 valence electrons. The van der Waals surface area contributed by atoms with E-state index >= 15 is 0 Å². The van der Waals surface area contributed by atoms with Crippen molar-refractivity contribution in [2.75, 3.05) is 24.7 Å². The molecule has 0 spiro atoms. The molecule has 0 saturated carbocycles. The van der Waals surface area contributed by atoms with Crippen LogP contribution in [0.5, 0.6) is 0 Å². The molecule has 1 aromatic heterocycles. The molecule has 1 aliphatic heterocycles. The van der Waals surface area contributed by atoms with Crippen molar-refractivity contribution in [2.45, 2.75) is 19.8 Å². The molecule has 0 radical (unpaired) electrons. The van der Waals surface area contributed by atoms with Crippen molar-refractivity contribution in [1.29, 1.82) is 0 Å². The van der Waals surface area contributed by atoms with Gasteiger partial charge in [0.25, 0.3) is 0 Å². The van der Waals surface area contributed by atoms with Gasteiger partial charge < -0.3 is 5.32 Å². The van der Waals surface area contributed by atoms with E-state index in [0.29, 0.717) is 25.9 Å². The lowest BCUT2D eigenvalue weighted by atomic mass is 9.97. The number of hydrogen-bond acceptors (Lipinski definition) is 5. The number of amides is 1. The highest BCUT2D eigenvalue weighted by Crippen LogP contribution is 2.26. The zero-order chi connectivity index (χ0) is 16.6. The Bertz CT molecular complexity index is 837. The first-order valence-corrected chi connectivity index (χ1v) is 10.1. The number of thiazole rings is 1. The zero-order valence-corrected chi connectivity index (χ0v) is 14.7. The van der Waals surface area contributed by atoms with Gasteiger partial charge in [-0.15, -0.1) is 11.3 Å². The molecule has 1 amide bonds. The fourth-order valence-electron chi connectivity index (χ4n) is 2.81. The van der Waals surface area contributed by atoms with Gasteiger partial charge in [0.05, 0.1) is 21.5 Å². The number of aromatic nitrogens is 1. The first-order chi connectivity index (χ1) is 10.8. The average molecular weight is 353 g/mol. The number of piperidine rings is 1. The van der Waals surface area contributed by atoms with Gasteiger partial charge in [0.15, 0.2) is 0 Å². The van der Waals surface area contributed by atoms with Crippen LogP contribution >= 0.6 is 11.3 Å². The van der Waals surface area contributed by atoms with Crippen LogP contribution in [0.3, 0.4) is 0 Å². The van der Waals surface area contributed by atoms with Crippen LogP contribution in [0.15, 0.2) is 18.2 Å². The molecule has 1 saturated heterocycles. The largest absolute Gasteiger partial charge is 0.326 e. The quantitative estimate of drug-likeness (QED) is 0.917. The van der Waals surface area contributed by atoms with E-state index in [1.807, 2.05) is 25.1 Å². The van der Waals surface area contributed by atoms with E-state index in [1.165, 1.54) is 10.6 Å². The molecule has 2 aromatic rings. The van der Waals surface area contributed by atoms with E-state index in [4.69, 9.17) is 0 Å². The van der Waals surface area contributed by atoms with Crippen molar-refractivity contribution in [3.63, 3.8) is 0 Å². The molecule has 3 rings (SSSR count). The van der Waals surface area contributed by atoms with Gasteiger partial charge >= 0.3 is 0 Å².